The number of carbonyl (C=O) groups excluding carboxylic acids is 2. The highest BCUT2D eigenvalue weighted by Gasteiger charge is 2.27. The van der Waals surface area contributed by atoms with Crippen molar-refractivity contribution in [2.45, 2.75) is 37.5 Å². The quantitative estimate of drug-likeness (QED) is 0.611. The second-order valence-electron chi connectivity index (χ2n) is 6.58. The number of ether oxygens (including phenoxy) is 2. The van der Waals surface area contributed by atoms with Crippen molar-refractivity contribution < 1.29 is 27.5 Å². The summed E-state index contributed by atoms with van der Waals surface area (Å²) < 4.78 is 37.4. The standard InChI is InChI=1S/C19H29N3O6S/c1-3-28-19(24)21-11-10-20-18(23)16-14-15(8-9-17(16)27-2)29(25,26)22-12-6-4-5-7-13-22/h8-9,14H,3-7,10-13H2,1-2H3,(H,20,23)(H,21,24). The van der Waals surface area contributed by atoms with E-state index in [2.05, 4.69) is 10.6 Å². The van der Waals surface area contributed by atoms with Gasteiger partial charge in [0.05, 0.1) is 24.2 Å². The number of sulfonamides is 1. The fourth-order valence-electron chi connectivity index (χ4n) is 3.07. The molecular formula is C19H29N3O6S. The Morgan fingerprint density at radius 3 is 2.34 bits per heavy atom. The van der Waals surface area contributed by atoms with E-state index in [1.54, 1.807) is 6.92 Å². The molecule has 0 radical (unpaired) electrons. The van der Waals surface area contributed by atoms with E-state index < -0.39 is 22.0 Å². The van der Waals surface area contributed by atoms with E-state index in [0.29, 0.717) is 13.1 Å². The van der Waals surface area contributed by atoms with Crippen LogP contribution in [-0.4, -0.2) is 64.6 Å². The molecule has 1 aromatic carbocycles. The van der Waals surface area contributed by atoms with Crippen LogP contribution in [0, 0.1) is 0 Å². The zero-order valence-corrected chi connectivity index (χ0v) is 17.7. The smallest absolute Gasteiger partial charge is 0.407 e. The summed E-state index contributed by atoms with van der Waals surface area (Å²) in [4.78, 5) is 23.9. The van der Waals surface area contributed by atoms with Crippen LogP contribution in [0.15, 0.2) is 23.1 Å². The van der Waals surface area contributed by atoms with E-state index in [-0.39, 0.29) is 35.9 Å². The summed E-state index contributed by atoms with van der Waals surface area (Å²) in [5.74, 6) is -0.212. The Labute approximate surface area is 171 Å². The minimum atomic E-state index is -3.68. The summed E-state index contributed by atoms with van der Waals surface area (Å²) in [6.07, 6.45) is 3.13. The molecule has 0 aliphatic carbocycles. The van der Waals surface area contributed by atoms with Gasteiger partial charge in [0.1, 0.15) is 5.75 Å². The van der Waals surface area contributed by atoms with E-state index in [1.165, 1.54) is 29.6 Å². The molecule has 1 aliphatic heterocycles. The van der Waals surface area contributed by atoms with Crippen molar-refractivity contribution in [2.24, 2.45) is 0 Å². The Kier molecular flexibility index (Phi) is 8.71. The van der Waals surface area contributed by atoms with Gasteiger partial charge in [-0.1, -0.05) is 12.8 Å². The van der Waals surface area contributed by atoms with Gasteiger partial charge < -0.3 is 20.1 Å². The first-order valence-corrected chi connectivity index (χ1v) is 11.2. The number of methoxy groups -OCH3 is 1. The predicted molar refractivity (Wildman–Crippen MR) is 108 cm³/mol. The van der Waals surface area contributed by atoms with Gasteiger partial charge in [-0.05, 0) is 38.0 Å². The van der Waals surface area contributed by atoms with Gasteiger partial charge in [0, 0.05) is 26.2 Å². The van der Waals surface area contributed by atoms with Crippen molar-refractivity contribution in [3.63, 3.8) is 0 Å². The van der Waals surface area contributed by atoms with Crippen molar-refractivity contribution in [2.75, 3.05) is 39.9 Å². The van der Waals surface area contributed by atoms with Crippen LogP contribution in [0.4, 0.5) is 4.79 Å². The monoisotopic (exact) mass is 427 g/mol. The van der Waals surface area contributed by atoms with Crippen molar-refractivity contribution in [3.8, 4) is 5.75 Å². The van der Waals surface area contributed by atoms with Crippen LogP contribution in [0.1, 0.15) is 43.0 Å². The van der Waals surface area contributed by atoms with Crippen molar-refractivity contribution >= 4 is 22.0 Å². The first-order valence-electron chi connectivity index (χ1n) is 9.77. The van der Waals surface area contributed by atoms with E-state index >= 15 is 0 Å². The Morgan fingerprint density at radius 2 is 1.72 bits per heavy atom. The molecule has 0 unspecified atom stereocenters. The van der Waals surface area contributed by atoms with Crippen molar-refractivity contribution in [3.05, 3.63) is 23.8 Å². The lowest BCUT2D eigenvalue weighted by Gasteiger charge is -2.20. The van der Waals surface area contributed by atoms with Crippen molar-refractivity contribution in [1.82, 2.24) is 14.9 Å². The lowest BCUT2D eigenvalue weighted by Crippen LogP contribution is -2.35. The summed E-state index contributed by atoms with van der Waals surface area (Å²) in [6.45, 7) is 3.25. The van der Waals surface area contributed by atoms with E-state index in [0.717, 1.165) is 25.7 Å². The van der Waals surface area contributed by atoms with Gasteiger partial charge in [-0.25, -0.2) is 13.2 Å². The highest BCUT2D eigenvalue weighted by molar-refractivity contribution is 7.89. The van der Waals surface area contributed by atoms with Gasteiger partial charge in [-0.2, -0.15) is 4.31 Å². The number of nitrogens with zero attached hydrogens (tertiary/aromatic N) is 1. The zero-order chi connectivity index (χ0) is 21.3. The van der Waals surface area contributed by atoms with Crippen LogP contribution in [0.25, 0.3) is 0 Å². The van der Waals surface area contributed by atoms with Gasteiger partial charge in [-0.3, -0.25) is 4.79 Å². The molecule has 1 saturated heterocycles. The lowest BCUT2D eigenvalue weighted by molar-refractivity contribution is 0.0949. The van der Waals surface area contributed by atoms with Crippen molar-refractivity contribution in [1.29, 1.82) is 0 Å². The Bertz CT molecular complexity index is 804. The maximum Gasteiger partial charge on any atom is 0.407 e. The van der Waals surface area contributed by atoms with Crippen LogP contribution in [0.3, 0.4) is 0 Å². The summed E-state index contributed by atoms with van der Waals surface area (Å²) in [5.41, 5.74) is 0.125. The number of nitrogens with one attached hydrogen (secondary N) is 2. The van der Waals surface area contributed by atoms with E-state index in [4.69, 9.17) is 9.47 Å². The molecule has 162 valence electrons. The molecule has 10 heteroatoms. The predicted octanol–water partition coefficient (Wildman–Crippen LogP) is 1.74. The summed E-state index contributed by atoms with van der Waals surface area (Å²) in [5, 5.41) is 5.14. The minimum absolute atomic E-state index is 0.0648. The molecule has 1 aromatic rings. The van der Waals surface area contributed by atoms with Gasteiger partial charge >= 0.3 is 6.09 Å². The maximum absolute atomic E-state index is 13.0. The van der Waals surface area contributed by atoms with Crippen LogP contribution in [0.5, 0.6) is 5.75 Å². The summed E-state index contributed by atoms with van der Waals surface area (Å²) in [6, 6.07) is 4.28. The molecule has 1 fully saturated rings. The molecule has 2 amide bonds. The van der Waals surface area contributed by atoms with Crippen LogP contribution >= 0.6 is 0 Å². The lowest BCUT2D eigenvalue weighted by atomic mass is 10.2. The molecule has 9 nitrogen and oxygen atoms in total. The largest absolute Gasteiger partial charge is 0.496 e. The van der Waals surface area contributed by atoms with E-state index in [1.807, 2.05) is 0 Å². The number of amides is 2. The second-order valence-corrected chi connectivity index (χ2v) is 8.52. The summed E-state index contributed by atoms with van der Waals surface area (Å²) in [7, 11) is -2.27. The first-order chi connectivity index (χ1) is 13.9. The average Bonchev–Trinajstić information content (AvgIpc) is 3.01. The number of hydrogen-bond donors (Lipinski definition) is 2. The number of hydrogen-bond acceptors (Lipinski definition) is 6. The third-order valence-corrected chi connectivity index (χ3v) is 6.47. The van der Waals surface area contributed by atoms with Gasteiger partial charge in [0.15, 0.2) is 0 Å². The molecule has 29 heavy (non-hydrogen) atoms. The molecule has 0 aromatic heterocycles. The third kappa shape index (κ3) is 6.33. The number of carbonyl (C=O) groups is 2. The Morgan fingerprint density at radius 1 is 1.07 bits per heavy atom. The number of alkyl carbamates (subject to hydrolysis) is 1. The Hall–Kier alpha value is -2.33. The Balaban J connectivity index is 2.11. The second kappa shape index (κ2) is 11.0. The minimum Gasteiger partial charge on any atom is -0.496 e. The van der Waals surface area contributed by atoms with Crippen LogP contribution in [-0.2, 0) is 14.8 Å². The third-order valence-electron chi connectivity index (χ3n) is 4.57. The molecule has 1 aliphatic rings. The molecule has 0 saturated carbocycles. The average molecular weight is 428 g/mol. The van der Waals surface area contributed by atoms with Gasteiger partial charge in [-0.15, -0.1) is 0 Å². The number of rotatable bonds is 8. The van der Waals surface area contributed by atoms with Crippen LogP contribution < -0.4 is 15.4 Å². The highest BCUT2D eigenvalue weighted by Crippen LogP contribution is 2.26. The maximum atomic E-state index is 13.0. The SMILES string of the molecule is CCOC(=O)NCCNC(=O)c1cc(S(=O)(=O)N2CCCCCC2)ccc1OC. The normalized spacial score (nSPS) is 15.2. The molecular weight excluding hydrogens is 398 g/mol. The molecule has 2 N–H and O–H groups in total. The molecule has 0 spiro atoms. The van der Waals surface area contributed by atoms with Gasteiger partial charge in [0.25, 0.3) is 5.91 Å². The molecule has 1 heterocycles. The fourth-order valence-corrected chi connectivity index (χ4v) is 4.62. The highest BCUT2D eigenvalue weighted by atomic mass is 32.2. The molecule has 0 atom stereocenters. The fraction of sp³-hybridized carbons (Fsp3) is 0.579. The van der Waals surface area contributed by atoms with E-state index in [9.17, 15) is 18.0 Å². The molecule has 0 bridgehead atoms. The molecule has 2 rings (SSSR count). The summed E-state index contributed by atoms with van der Waals surface area (Å²) >= 11 is 0. The van der Waals surface area contributed by atoms with Gasteiger partial charge in [0.2, 0.25) is 10.0 Å². The van der Waals surface area contributed by atoms with Crippen LogP contribution in [0.2, 0.25) is 0 Å². The topological polar surface area (TPSA) is 114 Å². The number of benzene rings is 1. The first kappa shape index (κ1) is 23.0. The zero-order valence-electron chi connectivity index (χ0n) is 16.9.